The van der Waals surface area contributed by atoms with Crippen LogP contribution in [0.3, 0.4) is 0 Å². The Hall–Kier alpha value is -3.68. The van der Waals surface area contributed by atoms with Crippen molar-refractivity contribution in [1.82, 2.24) is 24.9 Å². The molecule has 180 valence electrons. The van der Waals surface area contributed by atoms with Crippen molar-refractivity contribution in [2.24, 2.45) is 0 Å². The number of nitrogens with zero attached hydrogens (tertiary/aromatic N) is 3. The lowest BCUT2D eigenvalue weighted by molar-refractivity contribution is 0.0952. The van der Waals surface area contributed by atoms with Gasteiger partial charge in [-0.25, -0.2) is 4.98 Å². The Labute approximate surface area is 206 Å². The zero-order valence-corrected chi connectivity index (χ0v) is 20.5. The van der Waals surface area contributed by atoms with Crippen molar-refractivity contribution >= 4 is 22.9 Å². The zero-order chi connectivity index (χ0) is 24.4. The van der Waals surface area contributed by atoms with Gasteiger partial charge in [-0.05, 0) is 93.1 Å². The minimum Gasteiger partial charge on any atom is -0.352 e. The summed E-state index contributed by atoms with van der Waals surface area (Å²) < 4.78 is 2.12. The molecular weight excluding hydrogens is 436 g/mol. The molecule has 0 saturated heterocycles. The Morgan fingerprint density at radius 1 is 1.14 bits per heavy atom. The van der Waals surface area contributed by atoms with Crippen LogP contribution in [0.1, 0.15) is 40.9 Å². The maximum Gasteiger partial charge on any atom is 0.251 e. The highest BCUT2D eigenvalue weighted by atomic mass is 16.1. The number of pyridine rings is 1. The average Bonchev–Trinajstić information content (AvgIpc) is 3.49. The molecule has 35 heavy (non-hydrogen) atoms. The first kappa shape index (κ1) is 23.1. The van der Waals surface area contributed by atoms with Gasteiger partial charge < -0.3 is 20.9 Å². The van der Waals surface area contributed by atoms with Crippen LogP contribution in [0.2, 0.25) is 0 Å². The van der Waals surface area contributed by atoms with E-state index < -0.39 is 0 Å². The van der Waals surface area contributed by atoms with Crippen LogP contribution in [0.5, 0.6) is 0 Å². The van der Waals surface area contributed by atoms with E-state index in [2.05, 4.69) is 67.5 Å². The van der Waals surface area contributed by atoms with Gasteiger partial charge in [0.1, 0.15) is 0 Å². The fourth-order valence-electron chi connectivity index (χ4n) is 4.62. The number of amides is 1. The average molecular weight is 469 g/mol. The Bertz CT molecular complexity index is 1340. The number of carbonyl (C=O) groups excluding carboxylic acids is 1. The van der Waals surface area contributed by atoms with E-state index in [1.165, 1.54) is 16.7 Å². The molecule has 4 aromatic rings. The molecule has 0 radical (unpaired) electrons. The summed E-state index contributed by atoms with van der Waals surface area (Å²) in [7, 11) is 4.06. The first-order chi connectivity index (χ1) is 17.0. The Morgan fingerprint density at radius 2 is 1.97 bits per heavy atom. The van der Waals surface area contributed by atoms with E-state index in [9.17, 15) is 4.79 Å². The van der Waals surface area contributed by atoms with Crippen LogP contribution in [0, 0.1) is 0 Å². The van der Waals surface area contributed by atoms with E-state index in [4.69, 9.17) is 0 Å². The Morgan fingerprint density at radius 3 is 2.77 bits per heavy atom. The van der Waals surface area contributed by atoms with Gasteiger partial charge in [0.15, 0.2) is 5.65 Å². The number of hydrogen-bond donors (Lipinski definition) is 3. The quantitative estimate of drug-likeness (QED) is 0.330. The fraction of sp³-hybridized carbons (Fsp3) is 0.286. The molecule has 1 atom stereocenters. The normalized spacial score (nSPS) is 14.9. The lowest BCUT2D eigenvalue weighted by atomic mass is 10.0. The zero-order valence-electron chi connectivity index (χ0n) is 20.5. The van der Waals surface area contributed by atoms with E-state index >= 15 is 0 Å². The molecule has 2 aromatic heterocycles. The highest BCUT2D eigenvalue weighted by molar-refractivity contribution is 5.94. The number of fused-ring (bicyclic) bond motifs is 2. The monoisotopic (exact) mass is 468 g/mol. The molecule has 7 nitrogen and oxygen atoms in total. The molecule has 0 spiro atoms. The molecule has 3 N–H and O–H groups in total. The van der Waals surface area contributed by atoms with Crippen LogP contribution in [-0.2, 0) is 6.54 Å². The van der Waals surface area contributed by atoms with E-state index in [1.54, 1.807) is 0 Å². The molecule has 2 aromatic carbocycles. The molecule has 0 aliphatic carbocycles. The maximum absolute atomic E-state index is 12.4. The number of benzene rings is 2. The molecule has 0 bridgehead atoms. The molecule has 5 rings (SSSR count). The number of nitrogens with one attached hydrogen (secondary N) is 3. The summed E-state index contributed by atoms with van der Waals surface area (Å²) >= 11 is 0. The van der Waals surface area contributed by atoms with Gasteiger partial charge in [-0.15, -0.1) is 0 Å². The van der Waals surface area contributed by atoms with Gasteiger partial charge in [0, 0.05) is 42.8 Å². The maximum atomic E-state index is 12.4. The third kappa shape index (κ3) is 4.92. The minimum atomic E-state index is -0.0470. The molecule has 0 saturated carbocycles. The second-order valence-electron chi connectivity index (χ2n) is 9.38. The number of anilines is 2. The molecule has 1 aliphatic rings. The first-order valence-electron chi connectivity index (χ1n) is 12.1. The van der Waals surface area contributed by atoms with E-state index in [0.717, 1.165) is 42.2 Å². The second-order valence-corrected chi connectivity index (χ2v) is 9.38. The number of carbonyl (C=O) groups is 1. The van der Waals surface area contributed by atoms with Crippen LogP contribution >= 0.6 is 0 Å². The molecular formula is C28H32N6O. The highest BCUT2D eigenvalue weighted by Crippen LogP contribution is 2.32. The highest BCUT2D eigenvalue weighted by Gasteiger charge is 2.19. The lowest BCUT2D eigenvalue weighted by Gasteiger charge is -2.13. The van der Waals surface area contributed by atoms with Crippen LogP contribution in [0.4, 0.5) is 11.4 Å². The Kier molecular flexibility index (Phi) is 6.53. The van der Waals surface area contributed by atoms with Gasteiger partial charge in [0.2, 0.25) is 0 Å². The van der Waals surface area contributed by atoms with Gasteiger partial charge in [-0.2, -0.15) is 0 Å². The number of aromatic nitrogens is 2. The molecule has 1 amide bonds. The van der Waals surface area contributed by atoms with Crippen molar-refractivity contribution in [3.8, 4) is 11.3 Å². The van der Waals surface area contributed by atoms with Crippen molar-refractivity contribution in [2.75, 3.05) is 32.5 Å². The predicted octanol–water partition coefficient (Wildman–Crippen LogP) is 4.59. The summed E-state index contributed by atoms with van der Waals surface area (Å²) in [6.45, 7) is 4.72. The molecule has 3 heterocycles. The standard InChI is InChI=1S/C28H32N6O/c1-19-24-10-7-21(17-22(24)18-31-19)26-12-11-25(27-29-14-16-34(26)27)32-23-8-5-20(6-9-23)28(35)30-13-4-15-33(2)3/h5-12,14,16-17,19,31-32H,4,13,15,18H2,1-3H3,(H,30,35). The number of imidazole rings is 1. The summed E-state index contributed by atoms with van der Waals surface area (Å²) in [5, 5.41) is 9.94. The van der Waals surface area contributed by atoms with Gasteiger partial charge in [-0.1, -0.05) is 12.1 Å². The minimum absolute atomic E-state index is 0.0470. The van der Waals surface area contributed by atoms with Gasteiger partial charge in [0.25, 0.3) is 5.91 Å². The van der Waals surface area contributed by atoms with Gasteiger partial charge >= 0.3 is 0 Å². The molecule has 0 fully saturated rings. The second kappa shape index (κ2) is 9.90. The Balaban J connectivity index is 1.31. The van der Waals surface area contributed by atoms with Gasteiger partial charge in [-0.3, -0.25) is 9.20 Å². The molecule has 7 heteroatoms. The SMILES string of the molecule is CC1NCc2cc(-c3ccc(Nc4ccc(C(=O)NCCCN(C)C)cc4)c4nccn34)ccc21. The van der Waals surface area contributed by atoms with Gasteiger partial charge in [0.05, 0.1) is 11.4 Å². The van der Waals surface area contributed by atoms with E-state index in [1.807, 2.05) is 50.8 Å². The number of rotatable bonds is 8. The van der Waals surface area contributed by atoms with E-state index in [-0.39, 0.29) is 5.91 Å². The lowest BCUT2D eigenvalue weighted by Crippen LogP contribution is -2.27. The molecule has 1 aliphatic heterocycles. The predicted molar refractivity (Wildman–Crippen MR) is 141 cm³/mol. The van der Waals surface area contributed by atoms with Crippen LogP contribution < -0.4 is 16.0 Å². The van der Waals surface area contributed by atoms with Crippen molar-refractivity contribution in [2.45, 2.75) is 25.9 Å². The fourth-order valence-corrected chi connectivity index (χ4v) is 4.62. The summed E-state index contributed by atoms with van der Waals surface area (Å²) in [4.78, 5) is 19.1. The smallest absolute Gasteiger partial charge is 0.251 e. The third-order valence-corrected chi connectivity index (χ3v) is 6.55. The summed E-state index contributed by atoms with van der Waals surface area (Å²) in [6.07, 6.45) is 4.74. The van der Waals surface area contributed by atoms with E-state index in [0.29, 0.717) is 18.2 Å². The van der Waals surface area contributed by atoms with Crippen LogP contribution in [-0.4, -0.2) is 47.4 Å². The van der Waals surface area contributed by atoms with Crippen LogP contribution in [0.25, 0.3) is 16.9 Å². The number of hydrogen-bond acceptors (Lipinski definition) is 5. The summed E-state index contributed by atoms with van der Waals surface area (Å²) in [5.74, 6) is -0.0470. The van der Waals surface area contributed by atoms with Crippen LogP contribution in [0.15, 0.2) is 67.0 Å². The van der Waals surface area contributed by atoms with Crippen molar-refractivity contribution in [1.29, 1.82) is 0 Å². The third-order valence-electron chi connectivity index (χ3n) is 6.55. The summed E-state index contributed by atoms with van der Waals surface area (Å²) in [5.41, 5.74) is 8.34. The van der Waals surface area contributed by atoms with Crippen molar-refractivity contribution in [3.63, 3.8) is 0 Å². The largest absolute Gasteiger partial charge is 0.352 e. The topological polar surface area (TPSA) is 73.7 Å². The molecule has 1 unspecified atom stereocenters. The van der Waals surface area contributed by atoms with Crippen molar-refractivity contribution in [3.05, 3.63) is 83.7 Å². The summed E-state index contributed by atoms with van der Waals surface area (Å²) in [6, 6.07) is 18.8. The first-order valence-corrected chi connectivity index (χ1v) is 12.1. The van der Waals surface area contributed by atoms with Crippen molar-refractivity contribution < 1.29 is 4.79 Å².